The highest BCUT2D eigenvalue weighted by Crippen LogP contribution is 2.37. The third kappa shape index (κ3) is 2.81. The van der Waals surface area contributed by atoms with Gasteiger partial charge >= 0.3 is 0 Å². The van der Waals surface area contributed by atoms with Crippen molar-refractivity contribution >= 4 is 51.3 Å². The maximum Gasteiger partial charge on any atom is 0.164 e. The first kappa shape index (κ1) is 14.5. The van der Waals surface area contributed by atoms with E-state index in [0.717, 1.165) is 5.39 Å². The summed E-state index contributed by atoms with van der Waals surface area (Å²) in [6.07, 6.45) is 0. The van der Waals surface area contributed by atoms with Crippen molar-refractivity contribution in [3.05, 3.63) is 38.8 Å². The number of nitrogens with zero attached hydrogens (tertiary/aromatic N) is 2. The molecule has 0 aliphatic heterocycles. The third-order valence-electron chi connectivity index (χ3n) is 2.90. The van der Waals surface area contributed by atoms with Crippen molar-refractivity contribution in [1.29, 1.82) is 0 Å². The molecule has 0 bridgehead atoms. The van der Waals surface area contributed by atoms with Crippen LogP contribution < -0.4 is 5.32 Å². The molecule has 0 saturated carbocycles. The van der Waals surface area contributed by atoms with Crippen LogP contribution in [0.4, 0.5) is 10.2 Å². The smallest absolute Gasteiger partial charge is 0.164 e. The Balaban J connectivity index is 2.26. The highest BCUT2D eigenvalue weighted by molar-refractivity contribution is 7.20. The molecule has 0 saturated heterocycles. The van der Waals surface area contributed by atoms with Gasteiger partial charge in [0.15, 0.2) is 5.82 Å². The van der Waals surface area contributed by atoms with Crippen LogP contribution in [0.25, 0.3) is 22.3 Å². The molecule has 0 atom stereocenters. The van der Waals surface area contributed by atoms with Crippen molar-refractivity contribution < 1.29 is 4.39 Å². The normalized spacial score (nSPS) is 11.0. The molecule has 108 valence electrons. The molecule has 0 aliphatic rings. The topological polar surface area (TPSA) is 37.8 Å². The van der Waals surface area contributed by atoms with E-state index in [0.29, 0.717) is 37.9 Å². The fraction of sp³-hybridized carbons (Fsp3) is 0.143. The highest BCUT2D eigenvalue weighted by atomic mass is 35.5. The number of hydrogen-bond acceptors (Lipinski definition) is 4. The number of hydrogen-bond donors (Lipinski definition) is 1. The van der Waals surface area contributed by atoms with Gasteiger partial charge < -0.3 is 5.32 Å². The minimum Gasteiger partial charge on any atom is -0.370 e. The molecule has 1 N–H and O–H groups in total. The predicted octanol–water partition coefficient (Wildman–Crippen LogP) is 5.24. The number of thiophene rings is 1. The van der Waals surface area contributed by atoms with Crippen molar-refractivity contribution in [1.82, 2.24) is 9.97 Å². The summed E-state index contributed by atoms with van der Waals surface area (Å²) in [5.41, 5.74) is 1.17. The Morgan fingerprint density at radius 1 is 1.24 bits per heavy atom. The van der Waals surface area contributed by atoms with E-state index in [1.165, 1.54) is 23.5 Å². The maximum atomic E-state index is 13.4. The van der Waals surface area contributed by atoms with Crippen LogP contribution in [0.5, 0.6) is 0 Å². The van der Waals surface area contributed by atoms with Gasteiger partial charge in [-0.15, -0.1) is 11.3 Å². The lowest BCUT2D eigenvalue weighted by Crippen LogP contribution is -2.03. The van der Waals surface area contributed by atoms with Gasteiger partial charge in [-0.2, -0.15) is 0 Å². The van der Waals surface area contributed by atoms with Crippen LogP contribution in [0, 0.1) is 5.82 Å². The molecule has 1 aromatic carbocycles. The van der Waals surface area contributed by atoms with Crippen LogP contribution in [-0.4, -0.2) is 16.5 Å². The van der Waals surface area contributed by atoms with Crippen molar-refractivity contribution in [2.75, 3.05) is 11.9 Å². The fourth-order valence-electron chi connectivity index (χ4n) is 2.02. The molecule has 3 aromatic rings. The van der Waals surface area contributed by atoms with Crippen molar-refractivity contribution in [3.8, 4) is 11.4 Å². The first-order valence-electron chi connectivity index (χ1n) is 6.25. The molecule has 0 unspecified atom stereocenters. The second kappa shape index (κ2) is 5.75. The summed E-state index contributed by atoms with van der Waals surface area (Å²) in [5, 5.41) is 3.92. The molecule has 7 heteroatoms. The van der Waals surface area contributed by atoms with E-state index >= 15 is 0 Å². The van der Waals surface area contributed by atoms with Gasteiger partial charge in [0.1, 0.15) is 16.0 Å². The number of halogens is 3. The minimum atomic E-state index is -0.343. The molecule has 0 amide bonds. The molecule has 3 nitrogen and oxygen atoms in total. The van der Waals surface area contributed by atoms with Gasteiger partial charge in [-0.3, -0.25) is 0 Å². The van der Waals surface area contributed by atoms with Crippen LogP contribution in [0.2, 0.25) is 8.67 Å². The zero-order valence-electron chi connectivity index (χ0n) is 11.0. The van der Waals surface area contributed by atoms with Gasteiger partial charge in [0, 0.05) is 18.0 Å². The van der Waals surface area contributed by atoms with E-state index in [1.807, 2.05) is 6.92 Å². The Hall–Kier alpha value is -1.43. The van der Waals surface area contributed by atoms with Gasteiger partial charge in [-0.1, -0.05) is 23.2 Å². The fourth-order valence-corrected chi connectivity index (χ4v) is 3.47. The minimum absolute atomic E-state index is 0.343. The molecule has 21 heavy (non-hydrogen) atoms. The molecule has 2 aromatic heterocycles. The van der Waals surface area contributed by atoms with E-state index < -0.39 is 0 Å². The SMILES string of the molecule is CCNc1nc(-c2cc(Cl)sc2Cl)nc2cc(F)ccc12. The van der Waals surface area contributed by atoms with E-state index in [2.05, 4.69) is 15.3 Å². The second-order valence-corrected chi connectivity index (χ2v) is 6.61. The molecule has 0 fully saturated rings. The number of aromatic nitrogens is 2. The predicted molar refractivity (Wildman–Crippen MR) is 87.0 cm³/mol. The number of rotatable bonds is 3. The van der Waals surface area contributed by atoms with E-state index in [1.54, 1.807) is 12.1 Å². The summed E-state index contributed by atoms with van der Waals surface area (Å²) in [6, 6.07) is 6.14. The van der Waals surface area contributed by atoms with Crippen LogP contribution in [-0.2, 0) is 0 Å². The molecule has 3 rings (SSSR count). The first-order chi connectivity index (χ1) is 10.1. The maximum absolute atomic E-state index is 13.4. The Morgan fingerprint density at radius 2 is 2.05 bits per heavy atom. The standard InChI is InChI=1S/C14H10Cl2FN3S/c1-2-18-13-8-4-3-7(17)5-10(8)19-14(20-13)9-6-11(15)21-12(9)16/h3-6H,2H2,1H3,(H,18,19,20). The number of nitrogens with one attached hydrogen (secondary N) is 1. The van der Waals surface area contributed by atoms with E-state index in [9.17, 15) is 4.39 Å². The molecule has 0 aliphatic carbocycles. The lowest BCUT2D eigenvalue weighted by atomic mass is 10.2. The molecule has 0 radical (unpaired) electrons. The summed E-state index contributed by atoms with van der Waals surface area (Å²) in [4.78, 5) is 8.88. The Morgan fingerprint density at radius 3 is 2.71 bits per heavy atom. The van der Waals surface area contributed by atoms with Gasteiger partial charge in [0.05, 0.1) is 15.4 Å². The zero-order valence-corrected chi connectivity index (χ0v) is 13.3. The molecular formula is C14H10Cl2FN3S. The summed E-state index contributed by atoms with van der Waals surface area (Å²) >= 11 is 13.4. The summed E-state index contributed by atoms with van der Waals surface area (Å²) in [6.45, 7) is 2.66. The third-order valence-corrected chi connectivity index (χ3v) is 4.39. The van der Waals surface area contributed by atoms with Gasteiger partial charge in [-0.25, -0.2) is 14.4 Å². The van der Waals surface area contributed by atoms with Gasteiger partial charge in [0.2, 0.25) is 0 Å². The highest BCUT2D eigenvalue weighted by Gasteiger charge is 2.14. The molecule has 2 heterocycles. The molecule has 0 spiro atoms. The summed E-state index contributed by atoms with van der Waals surface area (Å²) in [7, 11) is 0. The average molecular weight is 342 g/mol. The zero-order chi connectivity index (χ0) is 15.0. The number of benzene rings is 1. The van der Waals surface area contributed by atoms with Crippen molar-refractivity contribution in [2.45, 2.75) is 6.92 Å². The Kier molecular flexibility index (Phi) is 3.97. The number of anilines is 1. The lowest BCUT2D eigenvalue weighted by molar-refractivity contribution is 0.629. The van der Waals surface area contributed by atoms with E-state index in [4.69, 9.17) is 23.2 Å². The van der Waals surface area contributed by atoms with Gasteiger partial charge in [0.25, 0.3) is 0 Å². The number of fused-ring (bicyclic) bond motifs is 1. The van der Waals surface area contributed by atoms with E-state index in [-0.39, 0.29) is 5.82 Å². The van der Waals surface area contributed by atoms with Crippen LogP contribution in [0.1, 0.15) is 6.92 Å². The lowest BCUT2D eigenvalue weighted by Gasteiger charge is -2.09. The average Bonchev–Trinajstić information content (AvgIpc) is 2.77. The van der Waals surface area contributed by atoms with Crippen LogP contribution in [0.3, 0.4) is 0 Å². The Labute approximate surface area is 134 Å². The first-order valence-corrected chi connectivity index (χ1v) is 7.82. The summed E-state index contributed by atoms with van der Waals surface area (Å²) < 4.78 is 14.5. The quantitative estimate of drug-likeness (QED) is 0.708. The van der Waals surface area contributed by atoms with Crippen molar-refractivity contribution in [3.63, 3.8) is 0 Å². The van der Waals surface area contributed by atoms with Crippen LogP contribution >= 0.6 is 34.5 Å². The van der Waals surface area contributed by atoms with Crippen LogP contribution in [0.15, 0.2) is 24.3 Å². The molecular weight excluding hydrogens is 332 g/mol. The largest absolute Gasteiger partial charge is 0.370 e. The van der Waals surface area contributed by atoms with Crippen molar-refractivity contribution in [2.24, 2.45) is 0 Å². The Bertz CT molecular complexity index is 819. The second-order valence-electron chi connectivity index (χ2n) is 4.33. The van der Waals surface area contributed by atoms with Gasteiger partial charge in [-0.05, 0) is 25.1 Å². The monoisotopic (exact) mass is 341 g/mol. The summed E-state index contributed by atoms with van der Waals surface area (Å²) in [5.74, 6) is 0.733.